The van der Waals surface area contributed by atoms with E-state index in [4.69, 9.17) is 0 Å². The van der Waals surface area contributed by atoms with Gasteiger partial charge in [0.1, 0.15) is 5.69 Å². The van der Waals surface area contributed by atoms with Gasteiger partial charge in [-0.05, 0) is 22.0 Å². The van der Waals surface area contributed by atoms with Gasteiger partial charge in [-0.25, -0.2) is 13.8 Å². The predicted molar refractivity (Wildman–Crippen MR) is 69.1 cm³/mol. The van der Waals surface area contributed by atoms with E-state index < -0.39 is 24.9 Å². The van der Waals surface area contributed by atoms with Crippen molar-refractivity contribution in [2.24, 2.45) is 0 Å². The number of aromatic nitrogens is 2. The summed E-state index contributed by atoms with van der Waals surface area (Å²) < 4.78 is 27.6. The first-order chi connectivity index (χ1) is 9.41. The first-order valence-corrected chi connectivity index (χ1v) is 6.49. The molecule has 1 amide bonds. The molecule has 3 heterocycles. The van der Waals surface area contributed by atoms with Crippen LogP contribution in [0.3, 0.4) is 0 Å². The number of hydrogen-bond acceptors (Lipinski definition) is 3. The zero-order valence-corrected chi connectivity index (χ0v) is 11.6. The van der Waals surface area contributed by atoms with Gasteiger partial charge >= 0.3 is 0 Å². The lowest BCUT2D eigenvalue weighted by Crippen LogP contribution is -2.58. The monoisotopic (exact) mass is 343 g/mol. The predicted octanol–water partition coefficient (Wildman–Crippen LogP) is 2.00. The van der Waals surface area contributed by atoms with Crippen molar-refractivity contribution in [1.82, 2.24) is 14.3 Å². The van der Waals surface area contributed by atoms with Crippen LogP contribution < -0.4 is 0 Å². The normalized spacial score (nSPS) is 17.1. The third-order valence-corrected chi connectivity index (χ3v) is 3.67. The van der Waals surface area contributed by atoms with Crippen molar-refractivity contribution in [1.29, 1.82) is 0 Å². The van der Waals surface area contributed by atoms with Crippen LogP contribution in [0.5, 0.6) is 0 Å². The number of carbonyl (C=O) groups excluding carboxylic acids is 2. The molecule has 5 nitrogen and oxygen atoms in total. The van der Waals surface area contributed by atoms with Gasteiger partial charge in [0.05, 0.1) is 29.3 Å². The van der Waals surface area contributed by atoms with Crippen molar-refractivity contribution >= 4 is 33.8 Å². The quantitative estimate of drug-likeness (QED) is 0.783. The zero-order chi connectivity index (χ0) is 14.5. The summed E-state index contributed by atoms with van der Waals surface area (Å²) in [6.07, 6.45) is 3.41. The highest BCUT2D eigenvalue weighted by molar-refractivity contribution is 9.10. The molecule has 1 fully saturated rings. The molecule has 104 valence electrons. The van der Waals surface area contributed by atoms with Crippen LogP contribution in [-0.2, 0) is 0 Å². The Morgan fingerprint density at radius 3 is 2.75 bits per heavy atom. The van der Waals surface area contributed by atoms with Gasteiger partial charge in [-0.3, -0.25) is 14.0 Å². The lowest BCUT2D eigenvalue weighted by molar-refractivity contribution is -0.113. The van der Waals surface area contributed by atoms with Crippen LogP contribution in [0.1, 0.15) is 20.8 Å². The number of likely N-dealkylation sites (tertiary alicyclic amines) is 1. The van der Waals surface area contributed by atoms with Gasteiger partial charge in [-0.1, -0.05) is 0 Å². The van der Waals surface area contributed by atoms with Crippen molar-refractivity contribution in [3.05, 3.63) is 34.2 Å². The summed E-state index contributed by atoms with van der Waals surface area (Å²) in [5, 5.41) is 0. The van der Waals surface area contributed by atoms with Crippen molar-refractivity contribution in [3.8, 4) is 0 Å². The van der Waals surface area contributed by atoms with Crippen LogP contribution in [0, 0.1) is 0 Å². The van der Waals surface area contributed by atoms with E-state index in [0.29, 0.717) is 16.4 Å². The van der Waals surface area contributed by atoms with E-state index >= 15 is 0 Å². The number of amides is 1. The maximum absolute atomic E-state index is 12.8. The van der Waals surface area contributed by atoms with Gasteiger partial charge in [0.15, 0.2) is 11.9 Å². The number of halogens is 3. The van der Waals surface area contributed by atoms with E-state index in [9.17, 15) is 18.4 Å². The van der Waals surface area contributed by atoms with E-state index in [1.165, 1.54) is 22.9 Å². The van der Waals surface area contributed by atoms with E-state index in [2.05, 4.69) is 20.9 Å². The summed E-state index contributed by atoms with van der Waals surface area (Å²) in [5.41, 5.74) is 0.989. The Kier molecular flexibility index (Phi) is 2.86. The van der Waals surface area contributed by atoms with Crippen LogP contribution in [0.15, 0.2) is 22.9 Å². The second-order valence-corrected chi connectivity index (χ2v) is 5.44. The molecule has 0 spiro atoms. The largest absolute Gasteiger partial charge is 0.326 e. The number of alkyl halides is 2. The Labute approximate surface area is 120 Å². The van der Waals surface area contributed by atoms with Gasteiger partial charge in [-0.2, -0.15) is 0 Å². The van der Waals surface area contributed by atoms with Crippen LogP contribution in [-0.4, -0.2) is 45.5 Å². The summed E-state index contributed by atoms with van der Waals surface area (Å²) in [5.74, 6) is -3.30. The standard InChI is InChI=1S/C12H8BrF2N3O2/c13-9-1-7(11(20)17-5-12(14,15)6-17)3-18-8(4-19)2-16-10(9)18/h1-4H,5-6H2. The molecule has 0 bridgehead atoms. The van der Waals surface area contributed by atoms with Gasteiger partial charge in [-0.15, -0.1) is 0 Å². The first-order valence-electron chi connectivity index (χ1n) is 5.70. The molecule has 0 atom stereocenters. The van der Waals surface area contributed by atoms with Crippen molar-refractivity contribution in [3.63, 3.8) is 0 Å². The highest BCUT2D eigenvalue weighted by Crippen LogP contribution is 2.29. The van der Waals surface area contributed by atoms with E-state index in [0.717, 1.165) is 4.90 Å². The van der Waals surface area contributed by atoms with Gasteiger partial charge < -0.3 is 4.90 Å². The molecule has 0 aliphatic carbocycles. The van der Waals surface area contributed by atoms with Crippen LogP contribution in [0.25, 0.3) is 5.65 Å². The highest BCUT2D eigenvalue weighted by Gasteiger charge is 2.46. The minimum Gasteiger partial charge on any atom is -0.326 e. The zero-order valence-electron chi connectivity index (χ0n) is 10.0. The average Bonchev–Trinajstić information content (AvgIpc) is 2.78. The Bertz CT molecular complexity index is 721. The lowest BCUT2D eigenvalue weighted by atomic mass is 10.1. The third-order valence-electron chi connectivity index (χ3n) is 3.09. The van der Waals surface area contributed by atoms with Crippen molar-refractivity contribution < 1.29 is 18.4 Å². The molecule has 0 N–H and O–H groups in total. The number of imidazole rings is 1. The molecule has 20 heavy (non-hydrogen) atoms. The highest BCUT2D eigenvalue weighted by atomic mass is 79.9. The molecule has 3 rings (SSSR count). The molecule has 8 heteroatoms. The van der Waals surface area contributed by atoms with E-state index in [1.807, 2.05) is 0 Å². The van der Waals surface area contributed by atoms with Crippen molar-refractivity contribution in [2.45, 2.75) is 5.92 Å². The molecule has 2 aromatic heterocycles. The third kappa shape index (κ3) is 2.00. The second-order valence-electron chi connectivity index (χ2n) is 4.59. The number of carbonyl (C=O) groups is 2. The SMILES string of the molecule is O=Cc1cnc2c(Br)cc(C(=O)N3CC(F)(F)C3)cn12. The number of nitrogens with zero attached hydrogens (tertiary/aromatic N) is 3. The molecule has 1 saturated heterocycles. The second kappa shape index (κ2) is 4.34. The van der Waals surface area contributed by atoms with Crippen LogP contribution >= 0.6 is 15.9 Å². The van der Waals surface area contributed by atoms with Crippen molar-refractivity contribution in [2.75, 3.05) is 13.1 Å². The van der Waals surface area contributed by atoms with Gasteiger partial charge in [0.2, 0.25) is 0 Å². The molecule has 1 aliphatic heterocycles. The number of pyridine rings is 1. The van der Waals surface area contributed by atoms with E-state index in [1.54, 1.807) is 0 Å². The minimum atomic E-state index is -2.81. The molecule has 0 radical (unpaired) electrons. The summed E-state index contributed by atoms with van der Waals surface area (Å²) >= 11 is 3.25. The molecule has 2 aromatic rings. The number of rotatable bonds is 2. The first kappa shape index (κ1) is 13.2. The van der Waals surface area contributed by atoms with Crippen LogP contribution in [0.4, 0.5) is 8.78 Å². The van der Waals surface area contributed by atoms with Gasteiger partial charge in [0.25, 0.3) is 11.8 Å². The number of hydrogen-bond donors (Lipinski definition) is 0. The Balaban J connectivity index is 2.00. The van der Waals surface area contributed by atoms with E-state index in [-0.39, 0.29) is 11.3 Å². The Morgan fingerprint density at radius 1 is 1.45 bits per heavy atom. The Morgan fingerprint density at radius 2 is 2.15 bits per heavy atom. The maximum atomic E-state index is 12.8. The molecule has 0 unspecified atom stereocenters. The maximum Gasteiger partial charge on any atom is 0.282 e. The molecule has 1 aliphatic rings. The fourth-order valence-corrected chi connectivity index (χ4v) is 2.65. The Hall–Kier alpha value is -1.83. The smallest absolute Gasteiger partial charge is 0.282 e. The molecular weight excluding hydrogens is 336 g/mol. The number of fused-ring (bicyclic) bond motifs is 1. The minimum absolute atomic E-state index is 0.223. The summed E-state index contributed by atoms with van der Waals surface area (Å²) in [6, 6.07) is 1.51. The average molecular weight is 344 g/mol. The van der Waals surface area contributed by atoms with Crippen LogP contribution in [0.2, 0.25) is 0 Å². The molecule has 0 saturated carbocycles. The topological polar surface area (TPSA) is 54.7 Å². The van der Waals surface area contributed by atoms with Gasteiger partial charge in [0, 0.05) is 6.20 Å². The summed E-state index contributed by atoms with van der Waals surface area (Å²) in [7, 11) is 0. The fraction of sp³-hybridized carbons (Fsp3) is 0.250. The number of aldehydes is 1. The fourth-order valence-electron chi connectivity index (χ4n) is 2.11. The lowest BCUT2D eigenvalue weighted by Gasteiger charge is -2.38. The summed E-state index contributed by atoms with van der Waals surface area (Å²) in [4.78, 5) is 28.1. The molecular formula is C12H8BrF2N3O2. The molecule has 0 aromatic carbocycles. The summed E-state index contributed by atoms with van der Waals surface area (Å²) in [6.45, 7) is -1.15.